The van der Waals surface area contributed by atoms with E-state index >= 15 is 0 Å². The summed E-state index contributed by atoms with van der Waals surface area (Å²) in [6.07, 6.45) is -0.646. The summed E-state index contributed by atoms with van der Waals surface area (Å²) in [6, 6.07) is 5.77. The Hall–Kier alpha value is -1.68. The predicted molar refractivity (Wildman–Crippen MR) is 69.9 cm³/mol. The number of hydrogen-bond acceptors (Lipinski definition) is 5. The third-order valence-electron chi connectivity index (χ3n) is 3.08. The molecule has 1 aromatic carbocycles. The maximum Gasteiger partial charge on any atom is 0.144 e. The van der Waals surface area contributed by atoms with Crippen LogP contribution in [0.3, 0.4) is 0 Å². The van der Waals surface area contributed by atoms with E-state index in [1.54, 1.807) is 6.07 Å². The number of nitriles is 1. The van der Waals surface area contributed by atoms with Gasteiger partial charge in [0.1, 0.15) is 30.3 Å². The minimum absolute atomic E-state index is 0.0220. The number of aliphatic hydroxyl groups excluding tert-OH is 1. The fourth-order valence-corrected chi connectivity index (χ4v) is 2.00. The lowest BCUT2D eigenvalue weighted by Crippen LogP contribution is -2.42. The maximum atomic E-state index is 13.4. The number of rotatable bonds is 5. The van der Waals surface area contributed by atoms with Crippen molar-refractivity contribution in [3.63, 3.8) is 0 Å². The first kappa shape index (κ1) is 14.7. The third kappa shape index (κ3) is 4.17. The maximum absolute atomic E-state index is 13.4. The van der Waals surface area contributed by atoms with E-state index in [4.69, 9.17) is 14.7 Å². The molecule has 1 heterocycles. The summed E-state index contributed by atoms with van der Waals surface area (Å²) in [5.74, 6) is -0.310. The second-order valence-electron chi connectivity index (χ2n) is 4.63. The van der Waals surface area contributed by atoms with Crippen molar-refractivity contribution < 1.29 is 19.0 Å². The molecule has 0 amide bonds. The van der Waals surface area contributed by atoms with Crippen molar-refractivity contribution in [2.24, 2.45) is 0 Å². The van der Waals surface area contributed by atoms with Gasteiger partial charge in [-0.2, -0.15) is 5.26 Å². The number of nitrogens with zero attached hydrogens (tertiary/aromatic N) is 2. The molecule has 108 valence electrons. The van der Waals surface area contributed by atoms with Gasteiger partial charge in [0.05, 0.1) is 18.8 Å². The monoisotopic (exact) mass is 280 g/mol. The molecule has 1 fully saturated rings. The summed E-state index contributed by atoms with van der Waals surface area (Å²) in [5.41, 5.74) is -0.0220. The zero-order valence-electron chi connectivity index (χ0n) is 11.1. The first-order valence-electron chi connectivity index (χ1n) is 6.49. The van der Waals surface area contributed by atoms with Crippen molar-refractivity contribution in [1.82, 2.24) is 4.90 Å². The van der Waals surface area contributed by atoms with Crippen molar-refractivity contribution in [1.29, 1.82) is 5.26 Å². The van der Waals surface area contributed by atoms with Crippen LogP contribution in [-0.2, 0) is 4.74 Å². The van der Waals surface area contributed by atoms with Gasteiger partial charge < -0.3 is 14.6 Å². The summed E-state index contributed by atoms with van der Waals surface area (Å²) in [6.45, 7) is 3.53. The SMILES string of the molecule is N#Cc1ccc(OCC(O)CN2CCOCC2)cc1F. The molecule has 1 aliphatic rings. The number of halogens is 1. The van der Waals surface area contributed by atoms with E-state index in [1.165, 1.54) is 12.1 Å². The van der Waals surface area contributed by atoms with Crippen molar-refractivity contribution >= 4 is 0 Å². The molecule has 1 aromatic rings. The van der Waals surface area contributed by atoms with Crippen LogP contribution in [0.2, 0.25) is 0 Å². The summed E-state index contributed by atoms with van der Waals surface area (Å²) < 4.78 is 23.9. The van der Waals surface area contributed by atoms with Crippen LogP contribution in [0.4, 0.5) is 4.39 Å². The molecule has 6 heteroatoms. The number of benzene rings is 1. The molecule has 0 aliphatic carbocycles. The molecule has 1 atom stereocenters. The van der Waals surface area contributed by atoms with Crippen molar-refractivity contribution in [2.45, 2.75) is 6.10 Å². The summed E-state index contributed by atoms with van der Waals surface area (Å²) in [5, 5.41) is 18.5. The standard InChI is InChI=1S/C14H17FN2O3/c15-14-7-13(2-1-11(14)8-16)20-10-12(18)9-17-3-5-19-6-4-17/h1-2,7,12,18H,3-6,9-10H2. The molecule has 1 N–H and O–H groups in total. The number of ether oxygens (including phenoxy) is 2. The molecule has 0 saturated carbocycles. The molecule has 0 aromatic heterocycles. The molecule has 0 spiro atoms. The van der Waals surface area contributed by atoms with Crippen molar-refractivity contribution in [3.8, 4) is 11.8 Å². The van der Waals surface area contributed by atoms with E-state index in [2.05, 4.69) is 4.90 Å². The van der Waals surface area contributed by atoms with Crippen LogP contribution in [0.5, 0.6) is 5.75 Å². The minimum atomic E-state index is -0.646. The Balaban J connectivity index is 1.79. The Kier molecular flexibility index (Phi) is 5.30. The first-order chi connectivity index (χ1) is 9.69. The molecule has 0 radical (unpaired) electrons. The number of hydrogen-bond donors (Lipinski definition) is 1. The van der Waals surface area contributed by atoms with Crippen LogP contribution in [-0.4, -0.2) is 55.6 Å². The topological polar surface area (TPSA) is 65.7 Å². The third-order valence-corrected chi connectivity index (χ3v) is 3.08. The molecule has 5 nitrogen and oxygen atoms in total. The van der Waals surface area contributed by atoms with Crippen LogP contribution >= 0.6 is 0 Å². The highest BCUT2D eigenvalue weighted by molar-refractivity contribution is 5.36. The van der Waals surface area contributed by atoms with E-state index < -0.39 is 11.9 Å². The van der Waals surface area contributed by atoms with Crippen molar-refractivity contribution in [3.05, 3.63) is 29.6 Å². The van der Waals surface area contributed by atoms with Gasteiger partial charge in [-0.25, -0.2) is 4.39 Å². The minimum Gasteiger partial charge on any atom is -0.491 e. The smallest absolute Gasteiger partial charge is 0.144 e. The van der Waals surface area contributed by atoms with Gasteiger partial charge in [0.15, 0.2) is 0 Å². The van der Waals surface area contributed by atoms with Gasteiger partial charge in [-0.15, -0.1) is 0 Å². The van der Waals surface area contributed by atoms with Crippen LogP contribution in [0.1, 0.15) is 5.56 Å². The van der Waals surface area contributed by atoms with E-state index in [0.29, 0.717) is 25.5 Å². The van der Waals surface area contributed by atoms with Gasteiger partial charge >= 0.3 is 0 Å². The van der Waals surface area contributed by atoms with E-state index in [1.807, 2.05) is 0 Å². The van der Waals surface area contributed by atoms with Gasteiger partial charge in [0.2, 0.25) is 0 Å². The summed E-state index contributed by atoms with van der Waals surface area (Å²) in [7, 11) is 0. The lowest BCUT2D eigenvalue weighted by atomic mass is 10.2. The average molecular weight is 280 g/mol. The van der Waals surface area contributed by atoms with E-state index in [0.717, 1.165) is 19.2 Å². The highest BCUT2D eigenvalue weighted by Crippen LogP contribution is 2.16. The lowest BCUT2D eigenvalue weighted by Gasteiger charge is -2.28. The highest BCUT2D eigenvalue weighted by atomic mass is 19.1. The second-order valence-corrected chi connectivity index (χ2v) is 4.63. The first-order valence-corrected chi connectivity index (χ1v) is 6.49. The molecule has 1 unspecified atom stereocenters. The van der Waals surface area contributed by atoms with Crippen LogP contribution in [0.25, 0.3) is 0 Å². The summed E-state index contributed by atoms with van der Waals surface area (Å²) >= 11 is 0. The molecular formula is C14H17FN2O3. The lowest BCUT2D eigenvalue weighted by molar-refractivity contribution is 0.00463. The van der Waals surface area contributed by atoms with Crippen LogP contribution in [0, 0.1) is 17.1 Å². The molecular weight excluding hydrogens is 263 g/mol. The quantitative estimate of drug-likeness (QED) is 0.863. The fraction of sp³-hybridized carbons (Fsp3) is 0.500. The van der Waals surface area contributed by atoms with Crippen molar-refractivity contribution in [2.75, 3.05) is 39.5 Å². The summed E-state index contributed by atoms with van der Waals surface area (Å²) in [4.78, 5) is 2.09. The Morgan fingerprint density at radius 2 is 2.20 bits per heavy atom. The molecule has 1 saturated heterocycles. The normalized spacial score (nSPS) is 17.4. The number of morpholine rings is 1. The van der Waals surface area contributed by atoms with Gasteiger partial charge in [-0.05, 0) is 12.1 Å². The fourth-order valence-electron chi connectivity index (χ4n) is 2.00. The zero-order chi connectivity index (χ0) is 14.4. The average Bonchev–Trinajstić information content (AvgIpc) is 2.46. The van der Waals surface area contributed by atoms with Gasteiger partial charge in [0.25, 0.3) is 0 Å². The Labute approximate surface area is 117 Å². The number of β-amino-alcohol motifs (C(OH)–C–C–N with tert-alkyl or cyclic N) is 1. The Morgan fingerprint density at radius 1 is 1.45 bits per heavy atom. The van der Waals surface area contributed by atoms with E-state index in [-0.39, 0.29) is 12.2 Å². The zero-order valence-corrected chi connectivity index (χ0v) is 11.1. The Morgan fingerprint density at radius 3 is 2.85 bits per heavy atom. The van der Waals surface area contributed by atoms with Crippen LogP contribution in [0.15, 0.2) is 18.2 Å². The van der Waals surface area contributed by atoms with Crippen LogP contribution < -0.4 is 4.74 Å². The largest absolute Gasteiger partial charge is 0.491 e. The van der Waals surface area contributed by atoms with E-state index in [9.17, 15) is 9.50 Å². The molecule has 2 rings (SSSR count). The Bertz CT molecular complexity index is 484. The second kappa shape index (κ2) is 7.20. The number of aliphatic hydroxyl groups is 1. The van der Waals surface area contributed by atoms with Gasteiger partial charge in [0, 0.05) is 25.7 Å². The molecule has 1 aliphatic heterocycles. The highest BCUT2D eigenvalue weighted by Gasteiger charge is 2.15. The molecule has 0 bridgehead atoms. The van der Waals surface area contributed by atoms with Gasteiger partial charge in [-0.1, -0.05) is 0 Å². The van der Waals surface area contributed by atoms with Gasteiger partial charge in [-0.3, -0.25) is 4.90 Å². The predicted octanol–water partition coefficient (Wildman–Crippen LogP) is 0.769. The molecule has 20 heavy (non-hydrogen) atoms.